The first kappa shape index (κ1) is 17.0. The molecule has 0 aliphatic rings. The number of halogens is 2. The van der Waals surface area contributed by atoms with Crippen LogP contribution in [-0.2, 0) is 11.3 Å². The number of benzene rings is 2. The lowest BCUT2D eigenvalue weighted by atomic mass is 10.1. The summed E-state index contributed by atoms with van der Waals surface area (Å²) >= 11 is 5.17. The van der Waals surface area contributed by atoms with Gasteiger partial charge in [-0.2, -0.15) is 5.10 Å². The second-order valence-electron chi connectivity index (χ2n) is 5.51. The Morgan fingerprint density at radius 2 is 1.84 bits per heavy atom. The number of rotatable bonds is 4. The minimum atomic E-state index is -0.768. The van der Waals surface area contributed by atoms with Crippen molar-refractivity contribution in [3.63, 3.8) is 0 Å². The summed E-state index contributed by atoms with van der Waals surface area (Å²) < 4.78 is 28.2. The molecule has 0 bridgehead atoms. The van der Waals surface area contributed by atoms with Crippen LogP contribution in [0.5, 0.6) is 0 Å². The SMILES string of the molecule is Cc1ccc(-c2n[nH]c(=S)n2CC(=O)Nc2cc(F)cc(F)c2)cc1. The summed E-state index contributed by atoms with van der Waals surface area (Å²) in [6.07, 6.45) is 0. The molecule has 0 unspecified atom stereocenters. The lowest BCUT2D eigenvalue weighted by Crippen LogP contribution is -2.19. The van der Waals surface area contributed by atoms with E-state index in [4.69, 9.17) is 12.2 Å². The number of nitrogens with one attached hydrogen (secondary N) is 2. The van der Waals surface area contributed by atoms with Gasteiger partial charge in [0.05, 0.1) is 0 Å². The number of carbonyl (C=O) groups is 1. The van der Waals surface area contributed by atoms with Crippen molar-refractivity contribution in [2.75, 3.05) is 5.32 Å². The first-order valence-electron chi connectivity index (χ1n) is 7.40. The van der Waals surface area contributed by atoms with Gasteiger partial charge in [0.2, 0.25) is 5.91 Å². The van der Waals surface area contributed by atoms with E-state index in [1.807, 2.05) is 31.2 Å². The van der Waals surface area contributed by atoms with Gasteiger partial charge in [0.15, 0.2) is 10.6 Å². The Balaban J connectivity index is 1.83. The van der Waals surface area contributed by atoms with Gasteiger partial charge in [-0.05, 0) is 31.3 Å². The van der Waals surface area contributed by atoms with Gasteiger partial charge in [0, 0.05) is 17.3 Å². The number of hydrogen-bond donors (Lipinski definition) is 2. The van der Waals surface area contributed by atoms with Crippen LogP contribution in [0.2, 0.25) is 0 Å². The van der Waals surface area contributed by atoms with E-state index >= 15 is 0 Å². The smallest absolute Gasteiger partial charge is 0.244 e. The molecule has 128 valence electrons. The van der Waals surface area contributed by atoms with Crippen molar-refractivity contribution in [3.8, 4) is 11.4 Å². The van der Waals surface area contributed by atoms with Gasteiger partial charge in [-0.1, -0.05) is 29.8 Å². The van der Waals surface area contributed by atoms with E-state index < -0.39 is 17.5 Å². The average Bonchev–Trinajstić information content (AvgIpc) is 2.88. The summed E-state index contributed by atoms with van der Waals surface area (Å²) in [5, 5.41) is 9.25. The molecule has 1 heterocycles. The van der Waals surface area contributed by atoms with Crippen LogP contribution in [0.15, 0.2) is 42.5 Å². The molecule has 3 rings (SSSR count). The molecule has 1 amide bonds. The minimum Gasteiger partial charge on any atom is -0.324 e. The third-order valence-electron chi connectivity index (χ3n) is 3.52. The first-order chi connectivity index (χ1) is 11.9. The Morgan fingerprint density at radius 1 is 1.20 bits per heavy atom. The Kier molecular flexibility index (Phi) is 4.71. The monoisotopic (exact) mass is 360 g/mol. The van der Waals surface area contributed by atoms with E-state index in [0.717, 1.165) is 29.3 Å². The van der Waals surface area contributed by atoms with Crippen molar-refractivity contribution >= 4 is 23.8 Å². The van der Waals surface area contributed by atoms with Crippen LogP contribution in [0.1, 0.15) is 5.56 Å². The number of H-pyrrole nitrogens is 1. The van der Waals surface area contributed by atoms with Crippen LogP contribution in [-0.4, -0.2) is 20.7 Å². The molecule has 2 N–H and O–H groups in total. The molecule has 0 atom stereocenters. The highest BCUT2D eigenvalue weighted by Crippen LogP contribution is 2.18. The van der Waals surface area contributed by atoms with E-state index in [1.54, 1.807) is 0 Å². The number of aromatic nitrogens is 3. The number of aromatic amines is 1. The number of nitrogens with zero attached hydrogens (tertiary/aromatic N) is 2. The van der Waals surface area contributed by atoms with Gasteiger partial charge < -0.3 is 5.32 Å². The fraction of sp³-hybridized carbons (Fsp3) is 0.118. The van der Waals surface area contributed by atoms with E-state index in [0.29, 0.717) is 5.82 Å². The van der Waals surface area contributed by atoms with Gasteiger partial charge in [0.25, 0.3) is 0 Å². The van der Waals surface area contributed by atoms with Crippen molar-refractivity contribution in [2.24, 2.45) is 0 Å². The molecule has 0 aliphatic heterocycles. The molecule has 1 aromatic heterocycles. The first-order valence-corrected chi connectivity index (χ1v) is 7.81. The van der Waals surface area contributed by atoms with Crippen LogP contribution < -0.4 is 5.32 Å². The summed E-state index contributed by atoms with van der Waals surface area (Å²) in [5.74, 6) is -1.51. The van der Waals surface area contributed by atoms with Gasteiger partial charge in [-0.15, -0.1) is 0 Å². The highest BCUT2D eigenvalue weighted by Gasteiger charge is 2.13. The third-order valence-corrected chi connectivity index (χ3v) is 3.83. The molecule has 0 saturated heterocycles. The molecule has 0 radical (unpaired) electrons. The van der Waals surface area contributed by atoms with Crippen molar-refractivity contribution in [1.82, 2.24) is 14.8 Å². The molecule has 0 aliphatic carbocycles. The molecule has 3 aromatic rings. The van der Waals surface area contributed by atoms with Crippen molar-refractivity contribution in [1.29, 1.82) is 0 Å². The molecule has 5 nitrogen and oxygen atoms in total. The number of carbonyl (C=O) groups excluding carboxylic acids is 1. The standard InChI is InChI=1S/C17H14F2N4OS/c1-10-2-4-11(5-3-10)16-21-22-17(25)23(16)9-15(24)20-14-7-12(18)6-13(19)8-14/h2-8H,9H2,1H3,(H,20,24)(H,22,25). The third kappa shape index (κ3) is 3.97. The maximum Gasteiger partial charge on any atom is 0.244 e. The quantitative estimate of drug-likeness (QED) is 0.695. The van der Waals surface area contributed by atoms with Crippen molar-refractivity contribution < 1.29 is 13.6 Å². The molecular formula is C17H14F2N4OS. The zero-order valence-corrected chi connectivity index (χ0v) is 14.0. The fourth-order valence-electron chi connectivity index (χ4n) is 2.36. The highest BCUT2D eigenvalue weighted by molar-refractivity contribution is 7.71. The van der Waals surface area contributed by atoms with Crippen molar-refractivity contribution in [2.45, 2.75) is 13.5 Å². The molecular weight excluding hydrogens is 346 g/mol. The number of amides is 1. The second-order valence-corrected chi connectivity index (χ2v) is 5.90. The largest absolute Gasteiger partial charge is 0.324 e. The maximum absolute atomic E-state index is 13.2. The van der Waals surface area contributed by atoms with Gasteiger partial charge in [0.1, 0.15) is 18.2 Å². The normalized spacial score (nSPS) is 10.7. The summed E-state index contributed by atoms with van der Waals surface area (Å²) in [6.45, 7) is 1.82. The molecule has 0 spiro atoms. The highest BCUT2D eigenvalue weighted by atomic mass is 32.1. The lowest BCUT2D eigenvalue weighted by Gasteiger charge is -2.09. The average molecular weight is 360 g/mol. The van der Waals surface area contributed by atoms with Gasteiger partial charge in [-0.25, -0.2) is 8.78 Å². The van der Waals surface area contributed by atoms with Crippen LogP contribution in [0.25, 0.3) is 11.4 Å². The van der Waals surface area contributed by atoms with Crippen LogP contribution >= 0.6 is 12.2 Å². The zero-order chi connectivity index (χ0) is 18.0. The number of hydrogen-bond acceptors (Lipinski definition) is 3. The van der Waals surface area contributed by atoms with E-state index in [9.17, 15) is 13.6 Å². The predicted octanol–water partition coefficient (Wildman–Crippen LogP) is 3.83. The van der Waals surface area contributed by atoms with Gasteiger partial charge in [-0.3, -0.25) is 14.5 Å². The van der Waals surface area contributed by atoms with E-state index in [1.165, 1.54) is 4.57 Å². The molecule has 8 heteroatoms. The Bertz CT molecular complexity index is 959. The second kappa shape index (κ2) is 6.94. The van der Waals surface area contributed by atoms with E-state index in [2.05, 4.69) is 15.5 Å². The summed E-state index contributed by atoms with van der Waals surface area (Å²) in [7, 11) is 0. The lowest BCUT2D eigenvalue weighted by molar-refractivity contribution is -0.116. The topological polar surface area (TPSA) is 62.7 Å². The summed E-state index contributed by atoms with van der Waals surface area (Å²) in [5.41, 5.74) is 1.92. The van der Waals surface area contributed by atoms with Gasteiger partial charge >= 0.3 is 0 Å². The summed E-state index contributed by atoms with van der Waals surface area (Å²) in [4.78, 5) is 12.2. The Hall–Kier alpha value is -2.87. The minimum absolute atomic E-state index is 0.0365. The number of anilines is 1. The predicted molar refractivity (Wildman–Crippen MR) is 92.6 cm³/mol. The van der Waals surface area contributed by atoms with Crippen LogP contribution in [0.4, 0.5) is 14.5 Å². The Labute approximate surface area is 147 Å². The van der Waals surface area contributed by atoms with E-state index in [-0.39, 0.29) is 17.0 Å². The molecule has 2 aromatic carbocycles. The van der Waals surface area contributed by atoms with Crippen LogP contribution in [0.3, 0.4) is 0 Å². The fourth-order valence-corrected chi connectivity index (χ4v) is 2.55. The van der Waals surface area contributed by atoms with Crippen molar-refractivity contribution in [3.05, 3.63) is 64.4 Å². The van der Waals surface area contributed by atoms with Crippen LogP contribution in [0, 0.1) is 23.3 Å². The maximum atomic E-state index is 13.2. The summed E-state index contributed by atoms with van der Waals surface area (Å²) in [6, 6.07) is 10.4. The number of aryl methyl sites for hydroxylation is 1. The molecule has 0 fully saturated rings. The molecule has 25 heavy (non-hydrogen) atoms. The molecule has 0 saturated carbocycles. The Morgan fingerprint density at radius 3 is 2.48 bits per heavy atom. The zero-order valence-electron chi connectivity index (χ0n) is 13.2.